The van der Waals surface area contributed by atoms with Gasteiger partial charge in [-0.05, 0) is 36.7 Å². The van der Waals surface area contributed by atoms with Gasteiger partial charge in [-0.1, -0.05) is 25.9 Å². The molecule has 0 aliphatic carbocycles. The summed E-state index contributed by atoms with van der Waals surface area (Å²) in [5, 5.41) is 7.37. The third kappa shape index (κ3) is 3.82. The Bertz CT molecular complexity index is 570. The highest BCUT2D eigenvalue weighted by molar-refractivity contribution is 5.55. The van der Waals surface area contributed by atoms with E-state index in [0.717, 1.165) is 11.3 Å². The highest BCUT2D eigenvalue weighted by Gasteiger charge is 2.25. The van der Waals surface area contributed by atoms with E-state index in [1.54, 1.807) is 7.11 Å². The van der Waals surface area contributed by atoms with Crippen molar-refractivity contribution in [3.8, 4) is 17.1 Å². The molecule has 0 aliphatic rings. The Balaban J connectivity index is 2.13. The van der Waals surface area contributed by atoms with Gasteiger partial charge in [-0.3, -0.25) is 0 Å². The van der Waals surface area contributed by atoms with Crippen LogP contribution in [0, 0.1) is 5.41 Å². The van der Waals surface area contributed by atoms with Crippen LogP contribution in [0.2, 0.25) is 0 Å². The van der Waals surface area contributed by atoms with Crippen LogP contribution >= 0.6 is 0 Å². The molecule has 1 heterocycles. The zero-order valence-corrected chi connectivity index (χ0v) is 13.3. The summed E-state index contributed by atoms with van der Waals surface area (Å²) >= 11 is 0. The van der Waals surface area contributed by atoms with E-state index in [2.05, 4.69) is 36.2 Å². The second-order valence-electron chi connectivity index (χ2n) is 6.15. The van der Waals surface area contributed by atoms with E-state index < -0.39 is 0 Å². The standard InChI is InChI=1S/C16H23N3O2/c1-16(2,3)13(17-4)10-14-18-15(19-21-14)11-6-8-12(20-5)9-7-11/h6-9,13,17H,10H2,1-5H3. The van der Waals surface area contributed by atoms with Gasteiger partial charge in [0.2, 0.25) is 11.7 Å². The predicted octanol–water partition coefficient (Wildman–Crippen LogP) is 2.92. The molecule has 0 spiro atoms. The number of likely N-dealkylation sites (N-methyl/N-ethyl adjacent to an activating group) is 1. The first kappa shape index (κ1) is 15.5. The van der Waals surface area contributed by atoms with Gasteiger partial charge in [-0.15, -0.1) is 0 Å². The fraction of sp³-hybridized carbons (Fsp3) is 0.500. The maximum Gasteiger partial charge on any atom is 0.228 e. The first-order valence-electron chi connectivity index (χ1n) is 7.08. The van der Waals surface area contributed by atoms with Crippen molar-refractivity contribution in [1.82, 2.24) is 15.5 Å². The van der Waals surface area contributed by atoms with E-state index in [4.69, 9.17) is 9.26 Å². The van der Waals surface area contributed by atoms with Gasteiger partial charge in [-0.2, -0.15) is 4.98 Å². The Morgan fingerprint density at radius 2 is 1.90 bits per heavy atom. The average Bonchev–Trinajstić information content (AvgIpc) is 2.92. The highest BCUT2D eigenvalue weighted by Crippen LogP contribution is 2.24. The van der Waals surface area contributed by atoms with E-state index in [9.17, 15) is 0 Å². The van der Waals surface area contributed by atoms with E-state index in [1.807, 2.05) is 31.3 Å². The number of hydrogen-bond donors (Lipinski definition) is 1. The summed E-state index contributed by atoms with van der Waals surface area (Å²) in [7, 11) is 3.60. The van der Waals surface area contributed by atoms with Crippen molar-refractivity contribution in [1.29, 1.82) is 0 Å². The van der Waals surface area contributed by atoms with Gasteiger partial charge in [0.15, 0.2) is 0 Å². The molecule has 0 bridgehead atoms. The number of aromatic nitrogens is 2. The van der Waals surface area contributed by atoms with Crippen molar-refractivity contribution in [2.75, 3.05) is 14.2 Å². The summed E-state index contributed by atoms with van der Waals surface area (Å²) in [6.07, 6.45) is 0.711. The number of hydrogen-bond acceptors (Lipinski definition) is 5. The van der Waals surface area contributed by atoms with Crippen molar-refractivity contribution >= 4 is 0 Å². The summed E-state index contributed by atoms with van der Waals surface area (Å²) in [5.41, 5.74) is 1.05. The molecule has 5 heteroatoms. The Morgan fingerprint density at radius 3 is 2.43 bits per heavy atom. The minimum Gasteiger partial charge on any atom is -0.497 e. The molecule has 1 N–H and O–H groups in total. The van der Waals surface area contributed by atoms with Gasteiger partial charge < -0.3 is 14.6 Å². The molecule has 2 aromatic rings. The molecule has 0 amide bonds. The quantitative estimate of drug-likeness (QED) is 0.917. The van der Waals surface area contributed by atoms with Crippen LogP contribution in [0.5, 0.6) is 5.75 Å². The lowest BCUT2D eigenvalue weighted by Gasteiger charge is -2.29. The monoisotopic (exact) mass is 289 g/mol. The van der Waals surface area contributed by atoms with Crippen LogP contribution in [0.25, 0.3) is 11.4 Å². The first-order valence-corrected chi connectivity index (χ1v) is 7.08. The van der Waals surface area contributed by atoms with E-state index in [1.165, 1.54) is 0 Å². The molecule has 1 unspecified atom stereocenters. The lowest BCUT2D eigenvalue weighted by Crippen LogP contribution is -2.39. The number of nitrogens with one attached hydrogen (secondary N) is 1. The van der Waals surface area contributed by atoms with Gasteiger partial charge in [0.25, 0.3) is 0 Å². The minimum absolute atomic E-state index is 0.128. The lowest BCUT2D eigenvalue weighted by molar-refractivity contribution is 0.255. The van der Waals surface area contributed by atoms with Crippen LogP contribution in [0.4, 0.5) is 0 Å². The number of benzene rings is 1. The Morgan fingerprint density at radius 1 is 1.24 bits per heavy atom. The molecule has 0 fully saturated rings. The minimum atomic E-state index is 0.128. The fourth-order valence-electron chi connectivity index (χ4n) is 2.21. The first-order chi connectivity index (χ1) is 9.94. The molecule has 0 saturated heterocycles. The molecular formula is C16H23N3O2. The number of rotatable bonds is 5. The van der Waals surface area contributed by atoms with Gasteiger partial charge in [0.05, 0.1) is 7.11 Å². The van der Waals surface area contributed by atoms with Crippen LogP contribution < -0.4 is 10.1 Å². The number of methoxy groups -OCH3 is 1. The maximum atomic E-state index is 5.37. The summed E-state index contributed by atoms with van der Waals surface area (Å²) in [5.74, 6) is 2.07. The van der Waals surface area contributed by atoms with E-state index in [0.29, 0.717) is 18.1 Å². The second-order valence-corrected chi connectivity index (χ2v) is 6.15. The summed E-state index contributed by atoms with van der Waals surface area (Å²) in [6, 6.07) is 7.90. The Hall–Kier alpha value is -1.88. The SMILES string of the molecule is CNC(Cc1nc(-c2ccc(OC)cc2)no1)C(C)(C)C. The molecule has 21 heavy (non-hydrogen) atoms. The van der Waals surface area contributed by atoms with Crippen molar-refractivity contribution in [2.45, 2.75) is 33.2 Å². The smallest absolute Gasteiger partial charge is 0.228 e. The van der Waals surface area contributed by atoms with Crippen LogP contribution in [-0.2, 0) is 6.42 Å². The normalized spacial score (nSPS) is 13.2. The zero-order chi connectivity index (χ0) is 15.5. The third-order valence-corrected chi connectivity index (χ3v) is 3.59. The lowest BCUT2D eigenvalue weighted by atomic mass is 9.85. The van der Waals surface area contributed by atoms with Gasteiger partial charge >= 0.3 is 0 Å². The van der Waals surface area contributed by atoms with Gasteiger partial charge in [0, 0.05) is 18.0 Å². The van der Waals surface area contributed by atoms with Crippen LogP contribution in [0.3, 0.4) is 0 Å². The zero-order valence-electron chi connectivity index (χ0n) is 13.3. The molecule has 0 saturated carbocycles. The molecule has 0 radical (unpaired) electrons. The fourth-order valence-corrected chi connectivity index (χ4v) is 2.21. The molecule has 114 valence electrons. The average molecular weight is 289 g/mol. The Kier molecular flexibility index (Phi) is 4.63. The molecule has 5 nitrogen and oxygen atoms in total. The molecule has 1 atom stereocenters. The maximum absolute atomic E-state index is 5.37. The molecule has 1 aromatic heterocycles. The topological polar surface area (TPSA) is 60.2 Å². The molecule has 1 aromatic carbocycles. The van der Waals surface area contributed by atoms with E-state index in [-0.39, 0.29) is 11.5 Å². The number of ether oxygens (including phenoxy) is 1. The highest BCUT2D eigenvalue weighted by atomic mass is 16.5. The van der Waals surface area contributed by atoms with Crippen molar-refractivity contribution in [3.05, 3.63) is 30.2 Å². The predicted molar refractivity (Wildman–Crippen MR) is 82.3 cm³/mol. The largest absolute Gasteiger partial charge is 0.497 e. The molecular weight excluding hydrogens is 266 g/mol. The van der Waals surface area contributed by atoms with Crippen molar-refractivity contribution < 1.29 is 9.26 Å². The summed E-state index contributed by atoms with van der Waals surface area (Å²) < 4.78 is 10.5. The third-order valence-electron chi connectivity index (χ3n) is 3.59. The van der Waals surface area contributed by atoms with Gasteiger partial charge in [0.1, 0.15) is 5.75 Å². The van der Waals surface area contributed by atoms with Crippen LogP contribution in [0.15, 0.2) is 28.8 Å². The Labute approximate surface area is 125 Å². The van der Waals surface area contributed by atoms with Gasteiger partial charge in [-0.25, -0.2) is 0 Å². The molecule has 0 aliphatic heterocycles. The number of nitrogens with zero attached hydrogens (tertiary/aromatic N) is 2. The van der Waals surface area contributed by atoms with Crippen molar-refractivity contribution in [2.24, 2.45) is 5.41 Å². The molecule has 2 rings (SSSR count). The second kappa shape index (κ2) is 6.26. The van der Waals surface area contributed by atoms with Crippen molar-refractivity contribution in [3.63, 3.8) is 0 Å². The summed E-state index contributed by atoms with van der Waals surface area (Å²) in [4.78, 5) is 4.48. The summed E-state index contributed by atoms with van der Waals surface area (Å²) in [6.45, 7) is 6.57. The van der Waals surface area contributed by atoms with Crippen LogP contribution in [0.1, 0.15) is 26.7 Å². The van der Waals surface area contributed by atoms with E-state index >= 15 is 0 Å². The van der Waals surface area contributed by atoms with Crippen LogP contribution in [-0.4, -0.2) is 30.3 Å².